The summed E-state index contributed by atoms with van der Waals surface area (Å²) in [5.41, 5.74) is 1.06. The molecule has 1 aromatic carbocycles. The lowest BCUT2D eigenvalue weighted by Gasteiger charge is -2.09. The van der Waals surface area contributed by atoms with Gasteiger partial charge in [0.05, 0.1) is 13.0 Å². The lowest BCUT2D eigenvalue weighted by molar-refractivity contribution is -0.201. The molecule has 152 valence electrons. The molecule has 1 aromatic rings. The Bertz CT molecular complexity index is 586. The molecule has 5 nitrogen and oxygen atoms in total. The first-order valence-electron chi connectivity index (χ1n) is 8.92. The van der Waals surface area contributed by atoms with E-state index in [9.17, 15) is 22.8 Å². The number of alkyl halides is 3. The third-order valence-electron chi connectivity index (χ3n) is 3.65. The van der Waals surface area contributed by atoms with Gasteiger partial charge in [0.15, 0.2) is 0 Å². The molecule has 0 heterocycles. The molecule has 0 spiro atoms. The SMILES string of the molecule is CC(C)CCCOc1ccc(CCNCCC(=O)OC(=O)C(F)(F)F)cc1. The molecule has 0 aliphatic heterocycles. The van der Waals surface area contributed by atoms with Crippen molar-refractivity contribution in [3.05, 3.63) is 29.8 Å². The third-order valence-corrected chi connectivity index (χ3v) is 3.65. The molecule has 0 unspecified atom stereocenters. The molecule has 0 bridgehead atoms. The van der Waals surface area contributed by atoms with Crippen molar-refractivity contribution in [1.29, 1.82) is 0 Å². The summed E-state index contributed by atoms with van der Waals surface area (Å²) in [5, 5.41) is 2.92. The van der Waals surface area contributed by atoms with E-state index in [1.165, 1.54) is 0 Å². The highest BCUT2D eigenvalue weighted by molar-refractivity contribution is 5.88. The van der Waals surface area contributed by atoms with Crippen molar-refractivity contribution in [2.75, 3.05) is 19.7 Å². The highest BCUT2D eigenvalue weighted by Gasteiger charge is 2.42. The minimum Gasteiger partial charge on any atom is -0.494 e. The molecule has 8 heteroatoms. The highest BCUT2D eigenvalue weighted by Crippen LogP contribution is 2.16. The Morgan fingerprint density at radius 2 is 1.78 bits per heavy atom. The first-order chi connectivity index (χ1) is 12.7. The maximum atomic E-state index is 11.9. The third kappa shape index (κ3) is 10.6. The quantitative estimate of drug-likeness (QED) is 0.356. The van der Waals surface area contributed by atoms with Gasteiger partial charge in [0.25, 0.3) is 0 Å². The molecular weight excluding hydrogens is 363 g/mol. The summed E-state index contributed by atoms with van der Waals surface area (Å²) >= 11 is 0. The fourth-order valence-corrected chi connectivity index (χ4v) is 2.19. The number of hydrogen-bond acceptors (Lipinski definition) is 5. The second kappa shape index (κ2) is 11.6. The van der Waals surface area contributed by atoms with Crippen LogP contribution in [-0.4, -0.2) is 37.8 Å². The monoisotopic (exact) mass is 389 g/mol. The smallest absolute Gasteiger partial charge is 0.491 e. The average Bonchev–Trinajstić information content (AvgIpc) is 2.58. The van der Waals surface area contributed by atoms with Crippen molar-refractivity contribution in [3.63, 3.8) is 0 Å². The Kier molecular flexibility index (Phi) is 9.85. The predicted molar refractivity (Wildman–Crippen MR) is 94.4 cm³/mol. The molecular formula is C19H26F3NO4. The molecule has 0 amide bonds. The van der Waals surface area contributed by atoms with Gasteiger partial charge in [-0.2, -0.15) is 13.2 Å². The summed E-state index contributed by atoms with van der Waals surface area (Å²) in [5.74, 6) is -2.22. The van der Waals surface area contributed by atoms with Gasteiger partial charge in [-0.15, -0.1) is 0 Å². The van der Waals surface area contributed by atoms with E-state index >= 15 is 0 Å². The van der Waals surface area contributed by atoms with Crippen LogP contribution in [0.3, 0.4) is 0 Å². The molecule has 0 fully saturated rings. The number of carbonyl (C=O) groups excluding carboxylic acids is 2. The van der Waals surface area contributed by atoms with Gasteiger partial charge in [-0.25, -0.2) is 4.79 Å². The van der Waals surface area contributed by atoms with Crippen LogP contribution >= 0.6 is 0 Å². The number of rotatable bonds is 11. The second-order valence-corrected chi connectivity index (χ2v) is 6.54. The largest absolute Gasteiger partial charge is 0.494 e. The number of esters is 2. The Hall–Kier alpha value is -2.09. The fourth-order valence-electron chi connectivity index (χ4n) is 2.19. The van der Waals surface area contributed by atoms with Crippen LogP contribution < -0.4 is 10.1 Å². The topological polar surface area (TPSA) is 64.6 Å². The zero-order chi connectivity index (χ0) is 20.3. The zero-order valence-electron chi connectivity index (χ0n) is 15.6. The first-order valence-corrected chi connectivity index (χ1v) is 8.92. The number of carbonyl (C=O) groups is 2. The van der Waals surface area contributed by atoms with Gasteiger partial charge in [-0.1, -0.05) is 26.0 Å². The van der Waals surface area contributed by atoms with Gasteiger partial charge >= 0.3 is 18.1 Å². The maximum absolute atomic E-state index is 11.9. The van der Waals surface area contributed by atoms with E-state index in [2.05, 4.69) is 23.9 Å². The Morgan fingerprint density at radius 3 is 2.37 bits per heavy atom. The van der Waals surface area contributed by atoms with Crippen LogP contribution in [0.5, 0.6) is 5.75 Å². The van der Waals surface area contributed by atoms with Gasteiger partial charge < -0.3 is 14.8 Å². The van der Waals surface area contributed by atoms with Gasteiger partial charge in [-0.05, 0) is 49.4 Å². The lowest BCUT2D eigenvalue weighted by Crippen LogP contribution is -2.29. The van der Waals surface area contributed by atoms with E-state index in [-0.39, 0.29) is 13.0 Å². The summed E-state index contributed by atoms with van der Waals surface area (Å²) in [4.78, 5) is 21.6. The van der Waals surface area contributed by atoms with Crippen LogP contribution in [-0.2, 0) is 20.7 Å². The number of benzene rings is 1. The maximum Gasteiger partial charge on any atom is 0.491 e. The van der Waals surface area contributed by atoms with Crippen LogP contribution in [0.2, 0.25) is 0 Å². The highest BCUT2D eigenvalue weighted by atomic mass is 19.4. The van der Waals surface area contributed by atoms with E-state index in [1.807, 2.05) is 24.3 Å². The molecule has 0 aromatic heterocycles. The standard InChI is InChI=1S/C19H26F3NO4/c1-14(2)4-3-13-26-16-7-5-15(6-8-16)9-11-23-12-10-17(24)27-18(25)19(20,21)22/h5-8,14,23H,3-4,9-13H2,1-2H3. The fraction of sp³-hybridized carbons (Fsp3) is 0.579. The number of ether oxygens (including phenoxy) is 2. The van der Waals surface area contributed by atoms with Crippen molar-refractivity contribution in [2.24, 2.45) is 5.92 Å². The van der Waals surface area contributed by atoms with Gasteiger partial charge in [0.1, 0.15) is 5.75 Å². The van der Waals surface area contributed by atoms with Crippen molar-refractivity contribution in [1.82, 2.24) is 5.32 Å². The predicted octanol–water partition coefficient (Wildman–Crippen LogP) is 3.66. The van der Waals surface area contributed by atoms with Crippen molar-refractivity contribution >= 4 is 11.9 Å². The normalized spacial score (nSPS) is 11.5. The first kappa shape index (κ1) is 23.0. The molecule has 0 aliphatic rings. The Morgan fingerprint density at radius 1 is 1.11 bits per heavy atom. The Balaban J connectivity index is 2.16. The van der Waals surface area contributed by atoms with Crippen LogP contribution in [0.4, 0.5) is 13.2 Å². The minimum atomic E-state index is -5.16. The number of halogens is 3. The molecule has 0 saturated heterocycles. The van der Waals surface area contributed by atoms with Crippen molar-refractivity contribution in [2.45, 2.75) is 45.7 Å². The van der Waals surface area contributed by atoms with Crippen molar-refractivity contribution in [3.8, 4) is 5.75 Å². The summed E-state index contributed by atoms with van der Waals surface area (Å²) < 4.78 is 45.2. The molecule has 1 N–H and O–H groups in total. The molecule has 27 heavy (non-hydrogen) atoms. The number of hydrogen-bond donors (Lipinski definition) is 1. The minimum absolute atomic E-state index is 0.126. The summed E-state index contributed by atoms with van der Waals surface area (Å²) in [6, 6.07) is 7.67. The summed E-state index contributed by atoms with van der Waals surface area (Å²) in [6.45, 7) is 5.70. The van der Waals surface area contributed by atoms with E-state index in [0.29, 0.717) is 25.5 Å². The van der Waals surface area contributed by atoms with Crippen LogP contribution in [0.25, 0.3) is 0 Å². The van der Waals surface area contributed by atoms with Crippen molar-refractivity contribution < 1.29 is 32.2 Å². The van der Waals surface area contributed by atoms with E-state index in [4.69, 9.17) is 4.74 Å². The van der Waals surface area contributed by atoms with Crippen LogP contribution in [0.15, 0.2) is 24.3 Å². The van der Waals surface area contributed by atoms with Gasteiger partial charge in [0.2, 0.25) is 0 Å². The second-order valence-electron chi connectivity index (χ2n) is 6.54. The molecule has 0 aliphatic carbocycles. The molecule has 0 atom stereocenters. The van der Waals surface area contributed by atoms with E-state index in [0.717, 1.165) is 24.2 Å². The van der Waals surface area contributed by atoms with Gasteiger partial charge in [-0.3, -0.25) is 4.79 Å². The summed E-state index contributed by atoms with van der Waals surface area (Å²) in [7, 11) is 0. The zero-order valence-corrected chi connectivity index (χ0v) is 15.6. The summed E-state index contributed by atoms with van der Waals surface area (Å²) in [6.07, 6.45) is -2.65. The Labute approximate surface area is 157 Å². The molecule has 0 saturated carbocycles. The van der Waals surface area contributed by atoms with Crippen LogP contribution in [0, 0.1) is 5.92 Å². The number of nitrogens with one attached hydrogen (secondary N) is 1. The average molecular weight is 389 g/mol. The molecule has 0 radical (unpaired) electrons. The van der Waals surface area contributed by atoms with Gasteiger partial charge in [0, 0.05) is 6.54 Å². The van der Waals surface area contributed by atoms with Crippen LogP contribution in [0.1, 0.15) is 38.7 Å². The van der Waals surface area contributed by atoms with E-state index in [1.54, 1.807) is 0 Å². The lowest BCUT2D eigenvalue weighted by atomic mass is 10.1. The molecule has 1 rings (SSSR count). The van der Waals surface area contributed by atoms with E-state index < -0.39 is 18.1 Å².